The van der Waals surface area contributed by atoms with Gasteiger partial charge in [-0.2, -0.15) is 0 Å². The highest BCUT2D eigenvalue weighted by Crippen LogP contribution is 2.30. The summed E-state index contributed by atoms with van der Waals surface area (Å²) in [5.41, 5.74) is 2.21. The van der Waals surface area contributed by atoms with Crippen LogP contribution in [0.25, 0.3) is 0 Å². The molecule has 0 bridgehead atoms. The van der Waals surface area contributed by atoms with E-state index in [1.807, 2.05) is 24.3 Å². The Hall–Kier alpha value is -2.13. The van der Waals surface area contributed by atoms with Gasteiger partial charge in [0.15, 0.2) is 0 Å². The van der Waals surface area contributed by atoms with E-state index in [1.54, 1.807) is 0 Å². The normalized spacial score (nSPS) is 16.7. The van der Waals surface area contributed by atoms with Crippen molar-refractivity contribution in [2.75, 3.05) is 13.1 Å². The molecule has 1 fully saturated rings. The molecule has 2 aromatic rings. The molecule has 0 spiro atoms. The summed E-state index contributed by atoms with van der Waals surface area (Å²) >= 11 is 0. The molecule has 1 heterocycles. The van der Waals surface area contributed by atoms with Crippen molar-refractivity contribution in [2.45, 2.75) is 31.2 Å². The highest BCUT2D eigenvalue weighted by molar-refractivity contribution is 5.77. The van der Waals surface area contributed by atoms with Crippen molar-refractivity contribution in [3.8, 4) is 0 Å². The summed E-state index contributed by atoms with van der Waals surface area (Å²) in [5.74, 6) is 0.139. The largest absolute Gasteiger partial charge is 0.346 e. The van der Waals surface area contributed by atoms with E-state index in [0.29, 0.717) is 6.42 Å². The molecule has 0 radical (unpaired) electrons. The maximum absolute atomic E-state index is 12.5. The Labute approximate surface area is 138 Å². The minimum absolute atomic E-state index is 0.139. The third kappa shape index (κ3) is 3.99. The van der Waals surface area contributed by atoms with E-state index >= 15 is 0 Å². The molecule has 1 amide bonds. The van der Waals surface area contributed by atoms with Crippen LogP contribution >= 0.6 is 0 Å². The van der Waals surface area contributed by atoms with Crippen LogP contribution in [0.4, 0.5) is 0 Å². The molecule has 3 heteroatoms. The quantitative estimate of drug-likeness (QED) is 0.891. The Bertz CT molecular complexity index is 619. The first kappa shape index (κ1) is 15.8. The van der Waals surface area contributed by atoms with E-state index in [-0.39, 0.29) is 11.4 Å². The summed E-state index contributed by atoms with van der Waals surface area (Å²) < 4.78 is 0. The zero-order valence-electron chi connectivity index (χ0n) is 13.4. The van der Waals surface area contributed by atoms with Crippen molar-refractivity contribution in [1.29, 1.82) is 0 Å². The summed E-state index contributed by atoms with van der Waals surface area (Å²) in [5, 5.41) is 6.73. The summed E-state index contributed by atoms with van der Waals surface area (Å²) in [6.07, 6.45) is 3.20. The highest BCUT2D eigenvalue weighted by atomic mass is 16.1. The van der Waals surface area contributed by atoms with Crippen molar-refractivity contribution in [3.05, 3.63) is 71.8 Å². The van der Waals surface area contributed by atoms with E-state index < -0.39 is 0 Å². The predicted octanol–water partition coefficient (Wildman–Crippen LogP) is 3.01. The van der Waals surface area contributed by atoms with E-state index in [9.17, 15) is 4.79 Å². The fourth-order valence-electron chi connectivity index (χ4n) is 3.33. The second kappa shape index (κ2) is 7.42. The van der Waals surface area contributed by atoms with E-state index in [2.05, 4.69) is 47.0 Å². The molecule has 23 heavy (non-hydrogen) atoms. The lowest BCUT2D eigenvalue weighted by Crippen LogP contribution is -2.52. The molecule has 2 N–H and O–H groups in total. The fourth-order valence-corrected chi connectivity index (χ4v) is 3.33. The molecule has 1 aliphatic rings. The molecule has 1 saturated heterocycles. The molecule has 0 saturated carbocycles. The second-order valence-electron chi connectivity index (χ2n) is 6.23. The molecule has 1 aliphatic heterocycles. The van der Waals surface area contributed by atoms with Gasteiger partial charge >= 0.3 is 0 Å². The van der Waals surface area contributed by atoms with Gasteiger partial charge in [0.1, 0.15) is 0 Å². The van der Waals surface area contributed by atoms with Crippen LogP contribution in [0.1, 0.15) is 30.4 Å². The van der Waals surface area contributed by atoms with Crippen molar-refractivity contribution in [1.82, 2.24) is 10.6 Å². The van der Waals surface area contributed by atoms with Gasteiger partial charge in [0.25, 0.3) is 0 Å². The van der Waals surface area contributed by atoms with Gasteiger partial charge in [-0.3, -0.25) is 4.79 Å². The molecular formula is C20H24N2O. The van der Waals surface area contributed by atoms with Crippen LogP contribution in [0.2, 0.25) is 0 Å². The van der Waals surface area contributed by atoms with Crippen molar-refractivity contribution in [3.63, 3.8) is 0 Å². The zero-order valence-corrected chi connectivity index (χ0v) is 13.4. The van der Waals surface area contributed by atoms with Gasteiger partial charge in [-0.25, -0.2) is 0 Å². The van der Waals surface area contributed by atoms with E-state index in [0.717, 1.165) is 32.4 Å². The van der Waals surface area contributed by atoms with Crippen molar-refractivity contribution in [2.24, 2.45) is 0 Å². The average molecular weight is 308 g/mol. The van der Waals surface area contributed by atoms with Crippen molar-refractivity contribution < 1.29 is 4.79 Å². The average Bonchev–Trinajstić information content (AvgIpc) is 2.62. The lowest BCUT2D eigenvalue weighted by atomic mass is 9.81. The Morgan fingerprint density at radius 2 is 1.57 bits per heavy atom. The summed E-state index contributed by atoms with van der Waals surface area (Å²) in [6.45, 7) is 1.88. The molecule has 0 atom stereocenters. The standard InChI is InChI=1S/C20H24N2O/c23-19(12-11-17-7-3-1-4-8-17)22-20(13-15-21-16-14-20)18-9-5-2-6-10-18/h1-10,21H,11-16H2,(H,22,23). The van der Waals surface area contributed by atoms with Crippen LogP contribution < -0.4 is 10.6 Å². The number of rotatable bonds is 5. The van der Waals surface area contributed by atoms with Crippen LogP contribution in [0, 0.1) is 0 Å². The lowest BCUT2D eigenvalue weighted by Gasteiger charge is -2.39. The SMILES string of the molecule is O=C(CCc1ccccc1)NC1(c2ccccc2)CCNCC1. The smallest absolute Gasteiger partial charge is 0.221 e. The number of nitrogens with one attached hydrogen (secondary N) is 2. The Morgan fingerprint density at radius 3 is 2.22 bits per heavy atom. The van der Waals surface area contributed by atoms with Gasteiger partial charge < -0.3 is 10.6 Å². The topological polar surface area (TPSA) is 41.1 Å². The lowest BCUT2D eigenvalue weighted by molar-refractivity contribution is -0.123. The van der Waals surface area contributed by atoms with Gasteiger partial charge in [-0.1, -0.05) is 60.7 Å². The van der Waals surface area contributed by atoms with Crippen LogP contribution in [0.15, 0.2) is 60.7 Å². The van der Waals surface area contributed by atoms with Crippen LogP contribution in [0.5, 0.6) is 0 Å². The number of hydrogen-bond donors (Lipinski definition) is 2. The Morgan fingerprint density at radius 1 is 0.957 bits per heavy atom. The molecule has 120 valence electrons. The molecule has 2 aromatic carbocycles. The maximum atomic E-state index is 12.5. The van der Waals surface area contributed by atoms with E-state index in [1.165, 1.54) is 11.1 Å². The number of piperidine rings is 1. The summed E-state index contributed by atoms with van der Waals surface area (Å²) in [6, 6.07) is 20.6. The first-order chi connectivity index (χ1) is 11.3. The first-order valence-electron chi connectivity index (χ1n) is 8.40. The molecule has 0 aromatic heterocycles. The van der Waals surface area contributed by atoms with Crippen molar-refractivity contribution >= 4 is 5.91 Å². The van der Waals surface area contributed by atoms with Gasteiger partial charge in [-0.15, -0.1) is 0 Å². The predicted molar refractivity (Wildman–Crippen MR) is 93.1 cm³/mol. The number of carbonyl (C=O) groups is 1. The fraction of sp³-hybridized carbons (Fsp3) is 0.350. The first-order valence-corrected chi connectivity index (χ1v) is 8.40. The van der Waals surface area contributed by atoms with Gasteiger partial charge in [-0.05, 0) is 43.5 Å². The van der Waals surface area contributed by atoms with Crippen LogP contribution in [-0.4, -0.2) is 19.0 Å². The Balaban J connectivity index is 1.68. The number of benzene rings is 2. The highest BCUT2D eigenvalue weighted by Gasteiger charge is 2.34. The molecule has 3 rings (SSSR count). The minimum atomic E-state index is -0.222. The minimum Gasteiger partial charge on any atom is -0.346 e. The van der Waals surface area contributed by atoms with Crippen LogP contribution in [0.3, 0.4) is 0 Å². The molecular weight excluding hydrogens is 284 g/mol. The zero-order chi connectivity index (χ0) is 16.0. The molecule has 0 unspecified atom stereocenters. The summed E-state index contributed by atoms with van der Waals surface area (Å²) in [4.78, 5) is 12.5. The third-order valence-electron chi connectivity index (χ3n) is 4.65. The number of amides is 1. The monoisotopic (exact) mass is 308 g/mol. The van der Waals surface area contributed by atoms with Gasteiger partial charge in [0.05, 0.1) is 5.54 Å². The van der Waals surface area contributed by atoms with E-state index in [4.69, 9.17) is 0 Å². The number of hydrogen-bond acceptors (Lipinski definition) is 2. The Kier molecular flexibility index (Phi) is 5.09. The maximum Gasteiger partial charge on any atom is 0.221 e. The molecule has 0 aliphatic carbocycles. The summed E-state index contributed by atoms with van der Waals surface area (Å²) in [7, 11) is 0. The number of aryl methyl sites for hydroxylation is 1. The van der Waals surface area contributed by atoms with Crippen LogP contribution in [-0.2, 0) is 16.8 Å². The number of carbonyl (C=O) groups excluding carboxylic acids is 1. The van der Waals surface area contributed by atoms with Gasteiger partial charge in [0.2, 0.25) is 5.91 Å². The van der Waals surface area contributed by atoms with Gasteiger partial charge in [0, 0.05) is 6.42 Å². The third-order valence-corrected chi connectivity index (χ3v) is 4.65. The molecule has 3 nitrogen and oxygen atoms in total. The second-order valence-corrected chi connectivity index (χ2v) is 6.23.